The molecule has 0 aliphatic carbocycles. The average molecular weight is 403 g/mol. The van der Waals surface area contributed by atoms with Crippen LogP contribution in [-0.2, 0) is 14.4 Å². The lowest BCUT2D eigenvalue weighted by atomic mass is 10.2. The second-order valence-corrected chi connectivity index (χ2v) is 6.51. The highest BCUT2D eigenvalue weighted by Crippen LogP contribution is 2.27. The summed E-state index contributed by atoms with van der Waals surface area (Å²) in [6, 6.07) is 10.5. The summed E-state index contributed by atoms with van der Waals surface area (Å²) in [4.78, 5) is 36.3. The molecule has 0 heterocycles. The molecule has 0 spiro atoms. The standard InChI is InChI=1S/C20H23FN4O4/c1-13(26)22-16-7-8-18(29-3)17(10-16)24-20(28)12-25(2)11-19(27)23-15-6-4-5-14(21)9-15/h4-10H,11-12H2,1-3H3,(H,22,26)(H,23,27)(H,24,28)/p+1. The summed E-state index contributed by atoms with van der Waals surface area (Å²) in [5.41, 5.74) is 1.27. The molecule has 3 amide bonds. The number of carbonyl (C=O) groups is 3. The summed E-state index contributed by atoms with van der Waals surface area (Å²) in [7, 11) is 3.16. The molecule has 0 bridgehead atoms. The smallest absolute Gasteiger partial charge is 0.279 e. The van der Waals surface area contributed by atoms with Gasteiger partial charge in [0.15, 0.2) is 13.1 Å². The third-order valence-electron chi connectivity index (χ3n) is 3.83. The molecule has 154 valence electrons. The van der Waals surface area contributed by atoms with Gasteiger partial charge in [0.25, 0.3) is 11.8 Å². The molecule has 4 N–H and O–H groups in total. The van der Waals surface area contributed by atoms with Gasteiger partial charge < -0.3 is 25.6 Å². The minimum absolute atomic E-state index is 0.0179. The second kappa shape index (κ2) is 10.2. The monoisotopic (exact) mass is 403 g/mol. The Bertz CT molecular complexity index is 904. The fourth-order valence-corrected chi connectivity index (χ4v) is 2.66. The maximum absolute atomic E-state index is 13.2. The number of hydrogen-bond donors (Lipinski definition) is 4. The van der Waals surface area contributed by atoms with Crippen LogP contribution < -0.4 is 25.6 Å². The van der Waals surface area contributed by atoms with Gasteiger partial charge >= 0.3 is 0 Å². The van der Waals surface area contributed by atoms with Gasteiger partial charge in [-0.15, -0.1) is 0 Å². The van der Waals surface area contributed by atoms with E-state index in [0.717, 1.165) is 0 Å². The van der Waals surface area contributed by atoms with Gasteiger partial charge in [-0.1, -0.05) is 6.07 Å². The first-order valence-corrected chi connectivity index (χ1v) is 8.89. The first-order chi connectivity index (χ1) is 13.8. The number of likely N-dealkylation sites (N-methyl/N-ethyl adjacent to an activating group) is 1. The van der Waals surface area contributed by atoms with E-state index in [4.69, 9.17) is 4.74 Å². The van der Waals surface area contributed by atoms with E-state index in [-0.39, 0.29) is 30.8 Å². The molecular formula is C20H24FN4O4+. The number of quaternary nitrogens is 1. The van der Waals surface area contributed by atoms with Gasteiger partial charge in [0.05, 0.1) is 19.8 Å². The van der Waals surface area contributed by atoms with Crippen LogP contribution in [0.4, 0.5) is 21.5 Å². The zero-order chi connectivity index (χ0) is 21.4. The molecule has 1 unspecified atom stereocenters. The minimum Gasteiger partial charge on any atom is -0.495 e. The predicted octanol–water partition coefficient (Wildman–Crippen LogP) is 0.885. The Morgan fingerprint density at radius 3 is 2.24 bits per heavy atom. The highest BCUT2D eigenvalue weighted by molar-refractivity contribution is 5.96. The van der Waals surface area contributed by atoms with E-state index in [1.807, 2.05) is 0 Å². The molecule has 2 aromatic carbocycles. The number of ether oxygens (including phenoxy) is 1. The Kier molecular flexibility index (Phi) is 7.67. The fourth-order valence-electron chi connectivity index (χ4n) is 2.66. The predicted molar refractivity (Wildman–Crippen MR) is 108 cm³/mol. The van der Waals surface area contributed by atoms with E-state index in [2.05, 4.69) is 16.0 Å². The Balaban J connectivity index is 1.92. The molecule has 0 saturated carbocycles. The lowest BCUT2D eigenvalue weighted by Crippen LogP contribution is -3.11. The van der Waals surface area contributed by atoms with Gasteiger partial charge in [-0.2, -0.15) is 0 Å². The summed E-state index contributed by atoms with van der Waals surface area (Å²) < 4.78 is 18.4. The number of rotatable bonds is 8. The lowest BCUT2D eigenvalue weighted by Gasteiger charge is -2.15. The zero-order valence-corrected chi connectivity index (χ0v) is 16.5. The highest BCUT2D eigenvalue weighted by atomic mass is 19.1. The van der Waals surface area contributed by atoms with E-state index >= 15 is 0 Å². The maximum Gasteiger partial charge on any atom is 0.279 e. The normalized spacial score (nSPS) is 11.3. The minimum atomic E-state index is -0.446. The van der Waals surface area contributed by atoms with Crippen molar-refractivity contribution in [2.24, 2.45) is 0 Å². The number of benzene rings is 2. The van der Waals surface area contributed by atoms with Gasteiger partial charge in [0, 0.05) is 18.3 Å². The number of nitrogens with one attached hydrogen (secondary N) is 4. The Hall–Kier alpha value is -3.46. The van der Waals surface area contributed by atoms with Crippen LogP contribution in [0.15, 0.2) is 42.5 Å². The van der Waals surface area contributed by atoms with Crippen LogP contribution in [0.1, 0.15) is 6.92 Å². The molecule has 0 fully saturated rings. The molecule has 0 saturated heterocycles. The number of halogens is 1. The molecule has 2 aromatic rings. The van der Waals surface area contributed by atoms with E-state index in [9.17, 15) is 18.8 Å². The van der Waals surface area contributed by atoms with Crippen LogP contribution in [0.25, 0.3) is 0 Å². The molecule has 29 heavy (non-hydrogen) atoms. The molecule has 1 atom stereocenters. The van der Waals surface area contributed by atoms with Crippen molar-refractivity contribution < 1.29 is 28.4 Å². The first-order valence-electron chi connectivity index (χ1n) is 8.89. The van der Waals surface area contributed by atoms with E-state index in [0.29, 0.717) is 27.7 Å². The van der Waals surface area contributed by atoms with Gasteiger partial charge in [-0.25, -0.2) is 4.39 Å². The van der Waals surface area contributed by atoms with Gasteiger partial charge in [0.2, 0.25) is 5.91 Å². The lowest BCUT2D eigenvalue weighted by molar-refractivity contribution is -0.862. The van der Waals surface area contributed by atoms with Crippen molar-refractivity contribution in [3.05, 3.63) is 48.3 Å². The molecule has 8 nitrogen and oxygen atoms in total. The topological polar surface area (TPSA) is 101 Å². The molecule has 2 rings (SSSR count). The molecule has 0 aliphatic rings. The molecule has 0 radical (unpaired) electrons. The van der Waals surface area contributed by atoms with Crippen molar-refractivity contribution in [1.29, 1.82) is 0 Å². The Morgan fingerprint density at radius 2 is 1.62 bits per heavy atom. The van der Waals surface area contributed by atoms with Gasteiger partial charge in [0.1, 0.15) is 11.6 Å². The first kappa shape index (κ1) is 21.8. The summed E-state index contributed by atoms with van der Waals surface area (Å²) in [5, 5.41) is 7.94. The second-order valence-electron chi connectivity index (χ2n) is 6.51. The average Bonchev–Trinajstić information content (AvgIpc) is 2.61. The van der Waals surface area contributed by atoms with Crippen LogP contribution in [-0.4, -0.2) is 45.0 Å². The van der Waals surface area contributed by atoms with Crippen molar-refractivity contribution in [3.8, 4) is 5.75 Å². The van der Waals surface area contributed by atoms with Gasteiger partial charge in [-0.3, -0.25) is 14.4 Å². The summed E-state index contributed by atoms with van der Waals surface area (Å²) in [6.45, 7) is 1.42. The quantitative estimate of drug-likeness (QED) is 0.526. The van der Waals surface area contributed by atoms with Crippen molar-refractivity contribution in [1.82, 2.24) is 0 Å². The Morgan fingerprint density at radius 1 is 0.966 bits per heavy atom. The Labute approximate surface area is 168 Å². The molecule has 0 aliphatic heterocycles. The van der Waals surface area contributed by atoms with Crippen LogP contribution in [0.3, 0.4) is 0 Å². The maximum atomic E-state index is 13.2. The molecule has 0 aromatic heterocycles. The van der Waals surface area contributed by atoms with Crippen LogP contribution >= 0.6 is 0 Å². The van der Waals surface area contributed by atoms with Crippen molar-refractivity contribution in [2.75, 3.05) is 43.2 Å². The third-order valence-corrected chi connectivity index (χ3v) is 3.83. The SMILES string of the molecule is COc1ccc(NC(C)=O)cc1NC(=O)C[NH+](C)CC(=O)Nc1cccc(F)c1. The summed E-state index contributed by atoms with van der Waals surface area (Å²) in [6.07, 6.45) is 0. The van der Waals surface area contributed by atoms with Crippen molar-refractivity contribution in [2.45, 2.75) is 6.92 Å². The van der Waals surface area contributed by atoms with Crippen molar-refractivity contribution in [3.63, 3.8) is 0 Å². The number of amides is 3. The van der Waals surface area contributed by atoms with Crippen LogP contribution in [0.5, 0.6) is 5.75 Å². The molecule has 9 heteroatoms. The summed E-state index contributed by atoms with van der Waals surface area (Å²) in [5.74, 6) is -0.918. The molecular weight excluding hydrogens is 379 g/mol. The number of hydrogen-bond acceptors (Lipinski definition) is 4. The zero-order valence-electron chi connectivity index (χ0n) is 16.5. The largest absolute Gasteiger partial charge is 0.495 e. The number of anilines is 3. The highest BCUT2D eigenvalue weighted by Gasteiger charge is 2.16. The van der Waals surface area contributed by atoms with Gasteiger partial charge in [-0.05, 0) is 36.4 Å². The van der Waals surface area contributed by atoms with E-state index < -0.39 is 5.82 Å². The third kappa shape index (κ3) is 7.23. The van der Waals surface area contributed by atoms with E-state index in [1.54, 1.807) is 31.3 Å². The van der Waals surface area contributed by atoms with Crippen LogP contribution in [0.2, 0.25) is 0 Å². The van der Waals surface area contributed by atoms with Crippen LogP contribution in [0, 0.1) is 5.82 Å². The number of carbonyl (C=O) groups excluding carboxylic acids is 3. The fraction of sp³-hybridized carbons (Fsp3) is 0.250. The van der Waals surface area contributed by atoms with E-state index in [1.165, 1.54) is 32.2 Å². The van der Waals surface area contributed by atoms with Crippen molar-refractivity contribution >= 4 is 34.8 Å². The number of methoxy groups -OCH3 is 1. The summed E-state index contributed by atoms with van der Waals surface area (Å²) >= 11 is 0.